The summed E-state index contributed by atoms with van der Waals surface area (Å²) in [5.74, 6) is -0.390. The number of rotatable bonds is 2. The van der Waals surface area contributed by atoms with Gasteiger partial charge < -0.3 is 10.6 Å². The molecule has 1 aliphatic rings. The fourth-order valence-corrected chi connectivity index (χ4v) is 2.32. The molecule has 1 aromatic carbocycles. The van der Waals surface area contributed by atoms with Crippen LogP contribution in [0.2, 0.25) is 0 Å². The number of halogens is 1. The highest BCUT2D eigenvalue weighted by Gasteiger charge is 2.20. The molecule has 0 aromatic heterocycles. The molecular formula is C14H19FN2O. The van der Waals surface area contributed by atoms with Crippen LogP contribution in [0, 0.1) is 12.7 Å². The van der Waals surface area contributed by atoms with E-state index in [2.05, 4.69) is 17.6 Å². The summed E-state index contributed by atoms with van der Waals surface area (Å²) in [5, 5.41) is 6.35. The maximum absolute atomic E-state index is 13.1. The maximum atomic E-state index is 13.1. The first kappa shape index (κ1) is 13.0. The van der Waals surface area contributed by atoms with Crippen LogP contribution in [-0.4, -0.2) is 24.5 Å². The molecule has 1 aliphatic heterocycles. The number of hydrogen-bond acceptors (Lipinski definition) is 2. The molecule has 0 bridgehead atoms. The zero-order chi connectivity index (χ0) is 13.1. The van der Waals surface area contributed by atoms with E-state index in [1.807, 2.05) is 0 Å². The van der Waals surface area contributed by atoms with Crippen molar-refractivity contribution in [1.29, 1.82) is 0 Å². The third-order valence-corrected chi connectivity index (χ3v) is 3.38. The van der Waals surface area contributed by atoms with Crippen molar-refractivity contribution in [2.75, 3.05) is 6.54 Å². The molecule has 1 saturated heterocycles. The smallest absolute Gasteiger partial charge is 0.251 e. The van der Waals surface area contributed by atoms with Gasteiger partial charge in [-0.25, -0.2) is 4.39 Å². The first-order chi connectivity index (χ1) is 8.56. The highest BCUT2D eigenvalue weighted by molar-refractivity contribution is 5.94. The average molecular weight is 250 g/mol. The summed E-state index contributed by atoms with van der Waals surface area (Å²) >= 11 is 0. The van der Waals surface area contributed by atoms with Crippen LogP contribution in [0.1, 0.15) is 35.7 Å². The van der Waals surface area contributed by atoms with Crippen molar-refractivity contribution in [2.24, 2.45) is 0 Å². The fraction of sp³-hybridized carbons (Fsp3) is 0.500. The first-order valence-electron chi connectivity index (χ1n) is 6.36. The number of carbonyl (C=O) groups excluding carboxylic acids is 1. The SMILES string of the molecule is Cc1cc(C(=O)NC2CCNC(C)C2)ccc1F. The van der Waals surface area contributed by atoms with E-state index in [0.717, 1.165) is 19.4 Å². The Morgan fingerprint density at radius 3 is 2.94 bits per heavy atom. The number of piperidine rings is 1. The lowest BCUT2D eigenvalue weighted by molar-refractivity contribution is 0.0925. The summed E-state index contributed by atoms with van der Waals surface area (Å²) in [7, 11) is 0. The van der Waals surface area contributed by atoms with Crippen molar-refractivity contribution in [1.82, 2.24) is 10.6 Å². The van der Waals surface area contributed by atoms with Crippen LogP contribution in [0.4, 0.5) is 4.39 Å². The summed E-state index contributed by atoms with van der Waals surface area (Å²) in [4.78, 5) is 12.0. The second-order valence-corrected chi connectivity index (χ2v) is 5.01. The number of hydrogen-bond donors (Lipinski definition) is 2. The predicted molar refractivity (Wildman–Crippen MR) is 69.1 cm³/mol. The Hall–Kier alpha value is -1.42. The van der Waals surface area contributed by atoms with E-state index < -0.39 is 0 Å². The number of carbonyl (C=O) groups is 1. The molecule has 1 fully saturated rings. The molecule has 0 radical (unpaired) electrons. The molecule has 18 heavy (non-hydrogen) atoms. The minimum atomic E-state index is -0.276. The van der Waals surface area contributed by atoms with Gasteiger partial charge in [0, 0.05) is 17.6 Å². The van der Waals surface area contributed by atoms with E-state index in [4.69, 9.17) is 0 Å². The average Bonchev–Trinajstić information content (AvgIpc) is 2.32. The van der Waals surface area contributed by atoms with Crippen molar-refractivity contribution in [3.05, 3.63) is 35.1 Å². The quantitative estimate of drug-likeness (QED) is 0.843. The van der Waals surface area contributed by atoms with Gasteiger partial charge in [-0.05, 0) is 57.0 Å². The molecule has 1 aromatic rings. The Bertz CT molecular complexity index is 447. The van der Waals surface area contributed by atoms with Gasteiger partial charge in [-0.2, -0.15) is 0 Å². The molecule has 3 nitrogen and oxygen atoms in total. The van der Waals surface area contributed by atoms with Crippen LogP contribution < -0.4 is 10.6 Å². The number of amides is 1. The highest BCUT2D eigenvalue weighted by atomic mass is 19.1. The zero-order valence-electron chi connectivity index (χ0n) is 10.8. The highest BCUT2D eigenvalue weighted by Crippen LogP contribution is 2.12. The summed E-state index contributed by atoms with van der Waals surface area (Å²) < 4.78 is 13.1. The zero-order valence-corrected chi connectivity index (χ0v) is 10.8. The number of nitrogens with one attached hydrogen (secondary N) is 2. The third kappa shape index (κ3) is 3.07. The molecule has 1 amide bonds. The molecule has 0 aliphatic carbocycles. The Labute approximate surface area is 107 Å². The molecule has 2 rings (SSSR count). The molecule has 4 heteroatoms. The molecule has 0 spiro atoms. The fourth-order valence-electron chi connectivity index (χ4n) is 2.32. The largest absolute Gasteiger partial charge is 0.349 e. The summed E-state index contributed by atoms with van der Waals surface area (Å²) in [6.45, 7) is 4.70. The monoisotopic (exact) mass is 250 g/mol. The Kier molecular flexibility index (Phi) is 3.97. The molecule has 2 atom stereocenters. The van der Waals surface area contributed by atoms with Gasteiger partial charge in [0.1, 0.15) is 5.82 Å². The van der Waals surface area contributed by atoms with Crippen LogP contribution in [0.3, 0.4) is 0 Å². The van der Waals surface area contributed by atoms with E-state index in [0.29, 0.717) is 17.2 Å². The third-order valence-electron chi connectivity index (χ3n) is 3.38. The number of benzene rings is 1. The first-order valence-corrected chi connectivity index (χ1v) is 6.36. The van der Waals surface area contributed by atoms with Gasteiger partial charge in [-0.15, -0.1) is 0 Å². The lowest BCUT2D eigenvalue weighted by Gasteiger charge is -2.28. The Morgan fingerprint density at radius 2 is 2.28 bits per heavy atom. The number of aryl methyl sites for hydroxylation is 1. The predicted octanol–water partition coefficient (Wildman–Crippen LogP) is 2.00. The van der Waals surface area contributed by atoms with Gasteiger partial charge in [0.25, 0.3) is 5.91 Å². The van der Waals surface area contributed by atoms with Crippen molar-refractivity contribution in [3.63, 3.8) is 0 Å². The van der Waals surface area contributed by atoms with E-state index in [1.165, 1.54) is 12.1 Å². The van der Waals surface area contributed by atoms with Gasteiger partial charge in [0.05, 0.1) is 0 Å². The van der Waals surface area contributed by atoms with Gasteiger partial charge in [-0.3, -0.25) is 4.79 Å². The standard InChI is InChI=1S/C14H19FN2O/c1-9-7-11(3-4-13(9)15)14(18)17-12-5-6-16-10(2)8-12/h3-4,7,10,12,16H,5-6,8H2,1-2H3,(H,17,18). The van der Waals surface area contributed by atoms with E-state index >= 15 is 0 Å². The minimum absolute atomic E-state index is 0.114. The topological polar surface area (TPSA) is 41.1 Å². The van der Waals surface area contributed by atoms with Crippen molar-refractivity contribution in [3.8, 4) is 0 Å². The lowest BCUT2D eigenvalue weighted by Crippen LogP contribution is -2.46. The van der Waals surface area contributed by atoms with Gasteiger partial charge in [-0.1, -0.05) is 0 Å². The molecule has 2 unspecified atom stereocenters. The van der Waals surface area contributed by atoms with Gasteiger partial charge in [0.15, 0.2) is 0 Å². The van der Waals surface area contributed by atoms with Gasteiger partial charge in [0.2, 0.25) is 0 Å². The van der Waals surface area contributed by atoms with Crippen LogP contribution in [-0.2, 0) is 0 Å². The second kappa shape index (κ2) is 5.48. The maximum Gasteiger partial charge on any atom is 0.251 e. The molecule has 0 saturated carbocycles. The van der Waals surface area contributed by atoms with Crippen molar-refractivity contribution < 1.29 is 9.18 Å². The van der Waals surface area contributed by atoms with Crippen LogP contribution in [0.25, 0.3) is 0 Å². The Morgan fingerprint density at radius 1 is 1.50 bits per heavy atom. The molecule has 2 N–H and O–H groups in total. The van der Waals surface area contributed by atoms with Crippen LogP contribution in [0.15, 0.2) is 18.2 Å². The van der Waals surface area contributed by atoms with E-state index in [-0.39, 0.29) is 17.8 Å². The van der Waals surface area contributed by atoms with Crippen molar-refractivity contribution >= 4 is 5.91 Å². The van der Waals surface area contributed by atoms with Crippen LogP contribution in [0.5, 0.6) is 0 Å². The van der Waals surface area contributed by atoms with Gasteiger partial charge >= 0.3 is 0 Å². The molecular weight excluding hydrogens is 231 g/mol. The Balaban J connectivity index is 2.00. The lowest BCUT2D eigenvalue weighted by atomic mass is 10.00. The van der Waals surface area contributed by atoms with E-state index in [9.17, 15) is 9.18 Å². The normalized spacial score (nSPS) is 23.7. The second-order valence-electron chi connectivity index (χ2n) is 5.01. The van der Waals surface area contributed by atoms with E-state index in [1.54, 1.807) is 13.0 Å². The van der Waals surface area contributed by atoms with Crippen molar-refractivity contribution in [2.45, 2.75) is 38.8 Å². The summed E-state index contributed by atoms with van der Waals surface area (Å²) in [6.07, 6.45) is 1.88. The summed E-state index contributed by atoms with van der Waals surface area (Å²) in [5.41, 5.74) is 1.03. The summed E-state index contributed by atoms with van der Waals surface area (Å²) in [6, 6.07) is 5.10. The minimum Gasteiger partial charge on any atom is -0.349 e. The molecule has 98 valence electrons. The van der Waals surface area contributed by atoms with Crippen LogP contribution >= 0.6 is 0 Å². The molecule has 1 heterocycles.